The van der Waals surface area contributed by atoms with Crippen LogP contribution < -0.4 is 25.4 Å². The Kier molecular flexibility index (Phi) is 13.8. The van der Waals surface area contributed by atoms with Gasteiger partial charge in [-0.25, -0.2) is 27.9 Å². The fraction of sp³-hybridized carbons (Fsp3) is 0.500. The summed E-state index contributed by atoms with van der Waals surface area (Å²) in [5, 5.41) is 9.74. The number of nitrogens with zero attached hydrogens (tertiary/aromatic N) is 3. The maximum absolute atomic E-state index is 16.0. The number of hydrogen-bond acceptors (Lipinski definition) is 11. The minimum Gasteiger partial charge on any atom is -0.494 e. The number of pyridine rings is 1. The highest BCUT2D eigenvalue weighted by Crippen LogP contribution is 2.71. The minimum absolute atomic E-state index is 0.0166. The van der Waals surface area contributed by atoms with Crippen molar-refractivity contribution < 1.29 is 51.2 Å². The van der Waals surface area contributed by atoms with Gasteiger partial charge in [-0.1, -0.05) is 31.1 Å². The standard InChI is InChI=1S/C46H54F3N6O8PS/c1-26(2)50-44-52-36(25-65-44)35-21-39(30-18-19-38(61-3)40(49)41(30)51-35)62-29-20-37-42(56)54-46(64(59,60)24-31-32(47)15-11-16-33(31)48)22-27(46)12-7-5-4-6-8-17-34(43(57)55(37)23-29)53-45(58)63-28-13-9-10-14-28/h7,11-12,15-16,18-19,21,25-29,34,37H,4-6,8-10,13-14,17,20,22-24H2,1-3H3,(H,50,52)(H,53,58)(H,54,56)(H,59,60)/b12-7-/t27-,29+,34-,37-,46-/m0/s1. The number of anilines is 1. The lowest BCUT2D eigenvalue weighted by molar-refractivity contribution is -0.140. The number of allylic oxidation sites excluding steroid dienone is 1. The third-order valence-electron chi connectivity index (χ3n) is 12.7. The predicted molar refractivity (Wildman–Crippen MR) is 239 cm³/mol. The van der Waals surface area contributed by atoms with Crippen LogP contribution in [0.4, 0.5) is 23.1 Å². The van der Waals surface area contributed by atoms with Gasteiger partial charge in [0.2, 0.25) is 19.2 Å². The van der Waals surface area contributed by atoms with E-state index in [-0.39, 0.29) is 60.4 Å². The summed E-state index contributed by atoms with van der Waals surface area (Å²) in [7, 11) is -3.29. The van der Waals surface area contributed by atoms with Crippen LogP contribution in [0.1, 0.15) is 90.0 Å². The van der Waals surface area contributed by atoms with E-state index in [1.165, 1.54) is 29.4 Å². The van der Waals surface area contributed by atoms with Crippen LogP contribution in [0.2, 0.25) is 0 Å². The van der Waals surface area contributed by atoms with Crippen molar-refractivity contribution in [1.29, 1.82) is 0 Å². The summed E-state index contributed by atoms with van der Waals surface area (Å²) in [6.45, 7) is 3.77. The van der Waals surface area contributed by atoms with Crippen molar-refractivity contribution in [3.05, 3.63) is 76.9 Å². The number of ether oxygens (including phenoxy) is 3. The summed E-state index contributed by atoms with van der Waals surface area (Å²) in [5.74, 6) is -4.59. The molecule has 4 N–H and O–H groups in total. The first-order valence-corrected chi connectivity index (χ1v) is 25.0. The average molecular weight is 939 g/mol. The summed E-state index contributed by atoms with van der Waals surface area (Å²) in [6.07, 6.45) is 6.80. The quantitative estimate of drug-likeness (QED) is 0.0834. The molecule has 0 spiro atoms. The van der Waals surface area contributed by atoms with Crippen LogP contribution in [-0.2, 0) is 25.1 Å². The van der Waals surface area contributed by atoms with Gasteiger partial charge in [0.25, 0.3) is 0 Å². The number of fused-ring (bicyclic) bond motifs is 3. The highest BCUT2D eigenvalue weighted by molar-refractivity contribution is 7.59. The van der Waals surface area contributed by atoms with Crippen LogP contribution in [0.25, 0.3) is 22.3 Å². The Labute approximate surface area is 379 Å². The second-order valence-electron chi connectivity index (χ2n) is 17.7. The molecule has 2 saturated carbocycles. The zero-order valence-corrected chi connectivity index (χ0v) is 38.2. The zero-order valence-electron chi connectivity index (χ0n) is 36.5. The maximum Gasteiger partial charge on any atom is 0.408 e. The first-order chi connectivity index (χ1) is 31.2. The van der Waals surface area contributed by atoms with Crippen molar-refractivity contribution in [2.45, 2.75) is 126 Å². The molecule has 1 unspecified atom stereocenters. The highest BCUT2D eigenvalue weighted by atomic mass is 32.1. The van der Waals surface area contributed by atoms with E-state index in [1.54, 1.807) is 23.6 Å². The lowest BCUT2D eigenvalue weighted by Gasteiger charge is -2.31. The average Bonchev–Trinajstić information content (AvgIpc) is 3.68. The van der Waals surface area contributed by atoms with Gasteiger partial charge in [0.15, 0.2) is 16.7 Å². The Bertz CT molecular complexity index is 2500. The monoisotopic (exact) mass is 938 g/mol. The number of amides is 3. The van der Waals surface area contributed by atoms with Gasteiger partial charge in [-0.15, -0.1) is 11.3 Å². The Balaban J connectivity index is 1.15. The molecule has 65 heavy (non-hydrogen) atoms. The smallest absolute Gasteiger partial charge is 0.408 e. The largest absolute Gasteiger partial charge is 0.494 e. The molecule has 2 aliphatic heterocycles. The molecular formula is C46H54F3N6O8PS. The summed E-state index contributed by atoms with van der Waals surface area (Å²) < 4.78 is 78.0. The summed E-state index contributed by atoms with van der Waals surface area (Å²) >= 11 is 1.35. The van der Waals surface area contributed by atoms with Crippen LogP contribution in [0.5, 0.6) is 11.5 Å². The molecule has 3 fully saturated rings. The number of carbonyl (C=O) groups excluding carboxylic acids is 3. The van der Waals surface area contributed by atoms with Gasteiger partial charge in [-0.05, 0) is 89.5 Å². The van der Waals surface area contributed by atoms with Gasteiger partial charge in [-0.3, -0.25) is 14.2 Å². The van der Waals surface area contributed by atoms with Gasteiger partial charge < -0.3 is 40.0 Å². The Morgan fingerprint density at radius 1 is 1.02 bits per heavy atom. The van der Waals surface area contributed by atoms with Crippen LogP contribution in [0.15, 0.2) is 53.9 Å². The third-order valence-corrected chi connectivity index (χ3v) is 16.1. The van der Waals surface area contributed by atoms with E-state index in [9.17, 15) is 32.6 Å². The second-order valence-corrected chi connectivity index (χ2v) is 21.0. The summed E-state index contributed by atoms with van der Waals surface area (Å²) in [6, 6.07) is 5.52. The molecule has 4 heterocycles. The summed E-state index contributed by atoms with van der Waals surface area (Å²) in [4.78, 5) is 65.3. The maximum atomic E-state index is 16.0. The van der Waals surface area contributed by atoms with Crippen molar-refractivity contribution in [3.8, 4) is 22.9 Å². The normalized spacial score (nSPS) is 25.4. The van der Waals surface area contributed by atoms with Gasteiger partial charge in [0, 0.05) is 40.8 Å². The van der Waals surface area contributed by atoms with Crippen molar-refractivity contribution in [2.75, 3.05) is 19.0 Å². The summed E-state index contributed by atoms with van der Waals surface area (Å²) in [5.41, 5.74) is 0.107. The van der Waals surface area contributed by atoms with E-state index in [1.807, 2.05) is 19.9 Å². The number of rotatable bonds is 11. The lowest BCUT2D eigenvalue weighted by atomic mass is 10.0. The molecule has 19 heteroatoms. The van der Waals surface area contributed by atoms with Crippen LogP contribution in [0.3, 0.4) is 0 Å². The zero-order chi connectivity index (χ0) is 46.0. The van der Waals surface area contributed by atoms with Gasteiger partial charge in [0.05, 0.1) is 25.5 Å². The number of carbonyl (C=O) groups is 3. The van der Waals surface area contributed by atoms with Crippen molar-refractivity contribution in [3.63, 3.8) is 0 Å². The van der Waals surface area contributed by atoms with E-state index in [0.717, 1.165) is 31.0 Å². The first kappa shape index (κ1) is 46.3. The molecule has 4 aliphatic rings. The molecule has 6 atom stereocenters. The molecule has 0 radical (unpaired) electrons. The number of halogens is 3. The molecule has 0 bridgehead atoms. The van der Waals surface area contributed by atoms with Gasteiger partial charge in [0.1, 0.15) is 58.2 Å². The number of alkyl carbamates (subject to hydrolysis) is 1. The number of thiazole rings is 1. The minimum atomic E-state index is -4.63. The Morgan fingerprint density at radius 2 is 1.77 bits per heavy atom. The molecule has 348 valence electrons. The van der Waals surface area contributed by atoms with Crippen LogP contribution in [-0.4, -0.2) is 86.9 Å². The van der Waals surface area contributed by atoms with E-state index in [4.69, 9.17) is 14.2 Å². The molecule has 2 aliphatic carbocycles. The number of hydrogen-bond donors (Lipinski definition) is 4. The predicted octanol–water partition coefficient (Wildman–Crippen LogP) is 8.81. The first-order valence-electron chi connectivity index (χ1n) is 22.2. The van der Waals surface area contributed by atoms with Crippen molar-refractivity contribution >= 4 is 52.6 Å². The van der Waals surface area contributed by atoms with Crippen molar-refractivity contribution in [1.82, 2.24) is 25.5 Å². The van der Waals surface area contributed by atoms with Crippen molar-refractivity contribution in [2.24, 2.45) is 5.92 Å². The molecule has 3 amide bonds. The Hall–Kier alpha value is -5.19. The molecule has 8 rings (SSSR count). The van der Waals surface area contributed by atoms with E-state index >= 15 is 4.39 Å². The number of methoxy groups -OCH3 is 1. The third kappa shape index (κ3) is 9.99. The molecule has 1 saturated heterocycles. The van der Waals surface area contributed by atoms with E-state index in [0.29, 0.717) is 55.0 Å². The number of nitrogens with one attached hydrogen (secondary N) is 3. The van der Waals surface area contributed by atoms with Crippen LogP contribution in [0, 0.1) is 23.4 Å². The van der Waals surface area contributed by atoms with E-state index < -0.39 is 83.8 Å². The molecule has 2 aromatic heterocycles. The fourth-order valence-electron chi connectivity index (χ4n) is 9.17. The van der Waals surface area contributed by atoms with Gasteiger partial charge in [-0.2, -0.15) is 0 Å². The SMILES string of the molecule is COc1ccc2c(O[C@@H]3C[C@H]4C(=O)N[C@]5(P(=O)(O)Cc6c(F)cccc6F)C[C@@H]5/C=C\CCCCC[C@H](NC(=O)OC5CCCC5)C(=O)N4C3)cc(-c3csc(NC(C)C)n3)nc2c1F. The highest BCUT2D eigenvalue weighted by Gasteiger charge is 2.66. The molecule has 4 aromatic rings. The molecular weight excluding hydrogens is 885 g/mol. The van der Waals surface area contributed by atoms with Crippen LogP contribution >= 0.6 is 18.7 Å². The Morgan fingerprint density at radius 3 is 2.51 bits per heavy atom. The van der Waals surface area contributed by atoms with E-state index in [2.05, 4.69) is 25.9 Å². The lowest BCUT2D eigenvalue weighted by Crippen LogP contribution is -2.55. The second kappa shape index (κ2) is 19.3. The molecule has 14 nitrogen and oxygen atoms in total. The van der Waals surface area contributed by atoms with Gasteiger partial charge >= 0.3 is 6.09 Å². The topological polar surface area (TPSA) is 181 Å². The number of benzene rings is 2. The fourth-order valence-corrected chi connectivity index (χ4v) is 12.4. The molecule has 2 aromatic carbocycles. The number of aromatic nitrogens is 2.